The molecule has 94 valence electrons. The maximum absolute atomic E-state index is 13.4. The third-order valence-electron chi connectivity index (χ3n) is 2.42. The number of halogens is 1. The number of hydrogen-bond donors (Lipinski definition) is 3. The van der Waals surface area contributed by atoms with Crippen LogP contribution in [-0.2, 0) is 6.54 Å². The molecule has 0 bridgehead atoms. The number of rotatable bonds is 4. The SMILES string of the molecule is Cc1cccc(CNc2nc(NN)ncc2F)c1. The minimum absolute atomic E-state index is 0.124. The van der Waals surface area contributed by atoms with Crippen LogP contribution in [0.1, 0.15) is 11.1 Å². The zero-order valence-electron chi connectivity index (χ0n) is 9.94. The number of hydrazine groups is 1. The predicted octanol–water partition coefficient (Wildman–Crippen LogP) is 1.82. The van der Waals surface area contributed by atoms with E-state index in [1.165, 1.54) is 0 Å². The highest BCUT2D eigenvalue weighted by Crippen LogP contribution is 2.13. The van der Waals surface area contributed by atoms with E-state index in [4.69, 9.17) is 5.84 Å². The van der Waals surface area contributed by atoms with Gasteiger partial charge < -0.3 is 5.32 Å². The molecule has 0 saturated heterocycles. The number of benzene rings is 1. The molecule has 0 aliphatic rings. The lowest BCUT2D eigenvalue weighted by molar-refractivity contribution is 0.617. The largest absolute Gasteiger partial charge is 0.363 e. The first-order chi connectivity index (χ1) is 8.69. The van der Waals surface area contributed by atoms with Gasteiger partial charge in [0.2, 0.25) is 5.95 Å². The van der Waals surface area contributed by atoms with Gasteiger partial charge in [-0.2, -0.15) is 4.98 Å². The molecule has 0 aliphatic carbocycles. The molecule has 0 amide bonds. The second-order valence-corrected chi connectivity index (χ2v) is 3.88. The summed E-state index contributed by atoms with van der Waals surface area (Å²) in [6, 6.07) is 7.94. The summed E-state index contributed by atoms with van der Waals surface area (Å²) in [6.07, 6.45) is 1.07. The fourth-order valence-corrected chi connectivity index (χ4v) is 1.57. The normalized spacial score (nSPS) is 10.2. The number of nitrogen functional groups attached to an aromatic ring is 1. The Kier molecular flexibility index (Phi) is 3.69. The Morgan fingerprint density at radius 3 is 2.94 bits per heavy atom. The van der Waals surface area contributed by atoms with Crippen LogP contribution in [0.3, 0.4) is 0 Å². The summed E-state index contributed by atoms with van der Waals surface area (Å²) < 4.78 is 13.4. The van der Waals surface area contributed by atoms with Crippen LogP contribution in [0.25, 0.3) is 0 Å². The van der Waals surface area contributed by atoms with Gasteiger partial charge in [0.25, 0.3) is 0 Å². The van der Waals surface area contributed by atoms with Crippen LogP contribution in [0, 0.1) is 12.7 Å². The van der Waals surface area contributed by atoms with Crippen LogP contribution >= 0.6 is 0 Å². The summed E-state index contributed by atoms with van der Waals surface area (Å²) >= 11 is 0. The highest BCUT2D eigenvalue weighted by atomic mass is 19.1. The van der Waals surface area contributed by atoms with Crippen LogP contribution in [0.4, 0.5) is 16.2 Å². The third kappa shape index (κ3) is 2.92. The van der Waals surface area contributed by atoms with Gasteiger partial charge in [-0.05, 0) is 12.5 Å². The van der Waals surface area contributed by atoms with E-state index < -0.39 is 5.82 Å². The van der Waals surface area contributed by atoms with Crippen molar-refractivity contribution < 1.29 is 4.39 Å². The fraction of sp³-hybridized carbons (Fsp3) is 0.167. The molecule has 0 radical (unpaired) electrons. The Morgan fingerprint density at radius 1 is 1.39 bits per heavy atom. The Labute approximate surface area is 104 Å². The second kappa shape index (κ2) is 5.42. The zero-order chi connectivity index (χ0) is 13.0. The van der Waals surface area contributed by atoms with E-state index >= 15 is 0 Å². The van der Waals surface area contributed by atoms with Gasteiger partial charge in [-0.3, -0.25) is 5.43 Å². The highest BCUT2D eigenvalue weighted by molar-refractivity contribution is 5.41. The molecule has 0 aliphatic heterocycles. The van der Waals surface area contributed by atoms with Crippen molar-refractivity contribution in [3.63, 3.8) is 0 Å². The molecule has 6 heteroatoms. The van der Waals surface area contributed by atoms with E-state index in [1.807, 2.05) is 31.2 Å². The molecule has 0 fully saturated rings. The summed E-state index contributed by atoms with van der Waals surface area (Å²) in [7, 11) is 0. The van der Waals surface area contributed by atoms with E-state index in [2.05, 4.69) is 20.7 Å². The first kappa shape index (κ1) is 12.3. The van der Waals surface area contributed by atoms with Gasteiger partial charge >= 0.3 is 0 Å². The summed E-state index contributed by atoms with van der Waals surface area (Å²) in [5.41, 5.74) is 4.48. The van der Waals surface area contributed by atoms with Crippen LogP contribution in [0.2, 0.25) is 0 Å². The molecule has 0 unspecified atom stereocenters. The van der Waals surface area contributed by atoms with E-state index in [9.17, 15) is 4.39 Å². The average molecular weight is 247 g/mol. The lowest BCUT2D eigenvalue weighted by atomic mass is 10.1. The van der Waals surface area contributed by atoms with E-state index in [-0.39, 0.29) is 11.8 Å². The van der Waals surface area contributed by atoms with Crippen molar-refractivity contribution in [2.24, 2.45) is 5.84 Å². The zero-order valence-corrected chi connectivity index (χ0v) is 9.94. The summed E-state index contributed by atoms with van der Waals surface area (Å²) in [6.45, 7) is 2.49. The lowest BCUT2D eigenvalue weighted by Crippen LogP contribution is -2.13. The molecular formula is C12H14FN5. The summed E-state index contributed by atoms with van der Waals surface area (Å²) in [4.78, 5) is 7.56. The first-order valence-corrected chi connectivity index (χ1v) is 5.47. The summed E-state index contributed by atoms with van der Waals surface area (Å²) in [5, 5.41) is 2.91. The monoisotopic (exact) mass is 247 g/mol. The first-order valence-electron chi connectivity index (χ1n) is 5.47. The molecule has 0 saturated carbocycles. The minimum atomic E-state index is -0.512. The van der Waals surface area contributed by atoms with E-state index in [0.717, 1.165) is 17.3 Å². The van der Waals surface area contributed by atoms with Crippen molar-refractivity contribution >= 4 is 11.8 Å². The highest BCUT2D eigenvalue weighted by Gasteiger charge is 2.05. The van der Waals surface area contributed by atoms with Gasteiger partial charge in [-0.1, -0.05) is 29.8 Å². The number of nitrogens with zero attached hydrogens (tertiary/aromatic N) is 2. The Hall–Kier alpha value is -2.21. The molecule has 4 N–H and O–H groups in total. The number of anilines is 2. The molecule has 0 atom stereocenters. The van der Waals surface area contributed by atoms with Crippen LogP contribution in [-0.4, -0.2) is 9.97 Å². The van der Waals surface area contributed by atoms with Crippen molar-refractivity contribution in [2.75, 3.05) is 10.7 Å². The lowest BCUT2D eigenvalue weighted by Gasteiger charge is -2.08. The quantitative estimate of drug-likeness (QED) is 0.567. The standard InChI is InChI=1S/C12H14FN5/c1-8-3-2-4-9(5-8)6-15-11-10(13)7-16-12(17-11)18-14/h2-5,7H,6,14H2,1H3,(H2,15,16,17,18). The number of aromatic nitrogens is 2. The van der Waals surface area contributed by atoms with E-state index in [0.29, 0.717) is 6.54 Å². The molecule has 5 nitrogen and oxygen atoms in total. The smallest absolute Gasteiger partial charge is 0.239 e. The number of nitrogens with one attached hydrogen (secondary N) is 2. The van der Waals surface area contributed by atoms with Crippen LogP contribution < -0.4 is 16.6 Å². The molecule has 18 heavy (non-hydrogen) atoms. The molecule has 1 aromatic carbocycles. The van der Waals surface area contributed by atoms with Crippen molar-refractivity contribution in [3.8, 4) is 0 Å². The third-order valence-corrected chi connectivity index (χ3v) is 2.42. The number of hydrogen-bond acceptors (Lipinski definition) is 5. The minimum Gasteiger partial charge on any atom is -0.363 e. The van der Waals surface area contributed by atoms with Crippen molar-refractivity contribution in [1.29, 1.82) is 0 Å². The number of nitrogens with two attached hydrogens (primary N) is 1. The van der Waals surface area contributed by atoms with Gasteiger partial charge in [-0.25, -0.2) is 15.2 Å². The Balaban J connectivity index is 2.10. The van der Waals surface area contributed by atoms with Gasteiger partial charge in [0.15, 0.2) is 11.6 Å². The molecule has 1 heterocycles. The van der Waals surface area contributed by atoms with Gasteiger partial charge in [0.1, 0.15) is 0 Å². The molecule has 0 spiro atoms. The Morgan fingerprint density at radius 2 is 2.22 bits per heavy atom. The Bertz CT molecular complexity index is 544. The maximum atomic E-state index is 13.4. The second-order valence-electron chi connectivity index (χ2n) is 3.88. The van der Waals surface area contributed by atoms with E-state index in [1.54, 1.807) is 0 Å². The molecule has 2 rings (SSSR count). The maximum Gasteiger partial charge on any atom is 0.239 e. The van der Waals surface area contributed by atoms with Crippen molar-refractivity contribution in [1.82, 2.24) is 9.97 Å². The van der Waals surface area contributed by atoms with Crippen LogP contribution in [0.15, 0.2) is 30.5 Å². The van der Waals surface area contributed by atoms with Gasteiger partial charge in [-0.15, -0.1) is 0 Å². The van der Waals surface area contributed by atoms with Gasteiger partial charge in [0, 0.05) is 6.54 Å². The molecule has 1 aromatic heterocycles. The molecule has 2 aromatic rings. The predicted molar refractivity (Wildman–Crippen MR) is 68.3 cm³/mol. The molecular weight excluding hydrogens is 233 g/mol. The van der Waals surface area contributed by atoms with Crippen molar-refractivity contribution in [3.05, 3.63) is 47.4 Å². The topological polar surface area (TPSA) is 75.9 Å². The summed E-state index contributed by atoms with van der Waals surface area (Å²) in [5.74, 6) is 4.95. The average Bonchev–Trinajstić information content (AvgIpc) is 2.38. The van der Waals surface area contributed by atoms with Crippen molar-refractivity contribution in [2.45, 2.75) is 13.5 Å². The number of aryl methyl sites for hydroxylation is 1. The van der Waals surface area contributed by atoms with Gasteiger partial charge in [0.05, 0.1) is 6.20 Å². The fourth-order valence-electron chi connectivity index (χ4n) is 1.57. The van der Waals surface area contributed by atoms with Crippen LogP contribution in [0.5, 0.6) is 0 Å².